The fourth-order valence-corrected chi connectivity index (χ4v) is 3.09. The Balaban J connectivity index is 2.95. The minimum absolute atomic E-state index is 0.0394. The van der Waals surface area contributed by atoms with E-state index < -0.39 is 22.5 Å². The van der Waals surface area contributed by atoms with Gasteiger partial charge in [0.2, 0.25) is 10.0 Å². The van der Waals surface area contributed by atoms with Crippen LogP contribution in [0.4, 0.5) is 5.69 Å². The molecule has 6 nitrogen and oxygen atoms in total. The van der Waals surface area contributed by atoms with Crippen LogP contribution in [0, 0.1) is 6.92 Å². The molecule has 1 aromatic rings. The molecule has 1 rings (SSSR count). The van der Waals surface area contributed by atoms with E-state index in [2.05, 4.69) is 25.4 Å². The molecule has 3 N–H and O–H groups in total. The number of rotatable bonds is 5. The van der Waals surface area contributed by atoms with Gasteiger partial charge in [0.15, 0.2) is 0 Å². The molecule has 0 saturated heterocycles. The lowest BCUT2D eigenvalue weighted by molar-refractivity contribution is -0.141. The zero-order valence-corrected chi connectivity index (χ0v) is 13.0. The van der Waals surface area contributed by atoms with Crippen molar-refractivity contribution in [1.82, 2.24) is 4.72 Å². The van der Waals surface area contributed by atoms with Crippen LogP contribution in [-0.2, 0) is 19.6 Å². The largest absolute Gasteiger partial charge is 0.465 e. The van der Waals surface area contributed by atoms with Gasteiger partial charge in [-0.1, -0.05) is 0 Å². The van der Waals surface area contributed by atoms with Gasteiger partial charge in [0, 0.05) is 10.2 Å². The van der Waals surface area contributed by atoms with E-state index in [1.165, 1.54) is 6.07 Å². The summed E-state index contributed by atoms with van der Waals surface area (Å²) < 4.78 is 31.5. The first kappa shape index (κ1) is 15.9. The Kier molecular flexibility index (Phi) is 5.33. The first-order valence-electron chi connectivity index (χ1n) is 5.49. The van der Waals surface area contributed by atoms with E-state index in [0.29, 0.717) is 15.7 Å². The molecule has 0 atom stereocenters. The van der Waals surface area contributed by atoms with Crippen LogP contribution in [-0.4, -0.2) is 27.5 Å². The first-order valence-corrected chi connectivity index (χ1v) is 7.76. The highest BCUT2D eigenvalue weighted by Crippen LogP contribution is 2.26. The number of nitrogens with one attached hydrogen (secondary N) is 1. The summed E-state index contributed by atoms with van der Waals surface area (Å²) in [5.74, 6) is -0.631. The molecular weight excluding hydrogens is 336 g/mol. The molecule has 0 radical (unpaired) electrons. The SMILES string of the molecule is CCOC(=O)CNS(=O)(=O)c1cc(N)c(Br)cc1C. The minimum atomic E-state index is -3.80. The molecule has 0 saturated carbocycles. The Bertz CT molecular complexity index is 587. The number of esters is 1. The van der Waals surface area contributed by atoms with Crippen molar-refractivity contribution < 1.29 is 17.9 Å². The Morgan fingerprint density at radius 1 is 1.47 bits per heavy atom. The molecular formula is C11H15BrN2O4S. The van der Waals surface area contributed by atoms with Crippen molar-refractivity contribution in [2.45, 2.75) is 18.7 Å². The van der Waals surface area contributed by atoms with Crippen LogP contribution < -0.4 is 10.5 Å². The third kappa shape index (κ3) is 4.19. The van der Waals surface area contributed by atoms with Crippen LogP contribution in [0.1, 0.15) is 12.5 Å². The van der Waals surface area contributed by atoms with Crippen LogP contribution >= 0.6 is 15.9 Å². The van der Waals surface area contributed by atoms with Gasteiger partial charge in [0.1, 0.15) is 6.54 Å². The predicted molar refractivity (Wildman–Crippen MR) is 75.1 cm³/mol. The van der Waals surface area contributed by atoms with Gasteiger partial charge >= 0.3 is 5.97 Å². The topological polar surface area (TPSA) is 98.5 Å². The van der Waals surface area contributed by atoms with Crippen LogP contribution in [0.5, 0.6) is 0 Å². The van der Waals surface area contributed by atoms with Crippen LogP contribution in [0.2, 0.25) is 0 Å². The van der Waals surface area contributed by atoms with Gasteiger partial charge in [-0.05, 0) is 47.5 Å². The van der Waals surface area contributed by atoms with Crippen LogP contribution in [0.3, 0.4) is 0 Å². The highest BCUT2D eigenvalue weighted by Gasteiger charge is 2.19. The van der Waals surface area contributed by atoms with Gasteiger partial charge in [0.05, 0.1) is 11.5 Å². The third-order valence-corrected chi connectivity index (χ3v) is 4.53. The van der Waals surface area contributed by atoms with E-state index in [0.717, 1.165) is 0 Å². The lowest BCUT2D eigenvalue weighted by atomic mass is 10.2. The molecule has 0 spiro atoms. The summed E-state index contributed by atoms with van der Waals surface area (Å²) in [6, 6.07) is 2.95. The van der Waals surface area contributed by atoms with Gasteiger partial charge < -0.3 is 10.5 Å². The highest BCUT2D eigenvalue weighted by molar-refractivity contribution is 9.10. The summed E-state index contributed by atoms with van der Waals surface area (Å²) in [5, 5.41) is 0. The van der Waals surface area contributed by atoms with Gasteiger partial charge in [-0.15, -0.1) is 0 Å². The number of carbonyl (C=O) groups excluding carboxylic acids is 1. The molecule has 0 aliphatic rings. The maximum Gasteiger partial charge on any atom is 0.321 e. The van der Waals surface area contributed by atoms with Crippen molar-refractivity contribution in [3.63, 3.8) is 0 Å². The molecule has 0 aliphatic heterocycles. The third-order valence-electron chi connectivity index (χ3n) is 2.30. The molecule has 0 unspecified atom stereocenters. The number of anilines is 1. The molecule has 0 aromatic heterocycles. The Morgan fingerprint density at radius 2 is 2.11 bits per heavy atom. The lowest BCUT2D eigenvalue weighted by Gasteiger charge is -2.10. The van der Waals surface area contributed by atoms with E-state index >= 15 is 0 Å². The van der Waals surface area contributed by atoms with E-state index in [-0.39, 0.29) is 11.5 Å². The molecule has 0 aliphatic carbocycles. The number of aryl methyl sites for hydroxylation is 1. The Morgan fingerprint density at radius 3 is 2.68 bits per heavy atom. The summed E-state index contributed by atoms with van der Waals surface area (Å²) in [6.07, 6.45) is 0. The van der Waals surface area contributed by atoms with Crippen molar-refractivity contribution >= 4 is 37.6 Å². The van der Waals surface area contributed by atoms with E-state index in [4.69, 9.17) is 5.73 Å². The highest BCUT2D eigenvalue weighted by atomic mass is 79.9. The number of hydrogen-bond acceptors (Lipinski definition) is 5. The zero-order chi connectivity index (χ0) is 14.6. The lowest BCUT2D eigenvalue weighted by Crippen LogP contribution is -2.31. The van der Waals surface area contributed by atoms with Crippen LogP contribution in [0.25, 0.3) is 0 Å². The minimum Gasteiger partial charge on any atom is -0.465 e. The fourth-order valence-electron chi connectivity index (χ4n) is 1.40. The number of hydrogen-bond donors (Lipinski definition) is 2. The van der Waals surface area contributed by atoms with Crippen molar-refractivity contribution in [2.75, 3.05) is 18.9 Å². The number of nitrogens with two attached hydrogens (primary N) is 1. The summed E-state index contributed by atoms with van der Waals surface area (Å²) in [5.41, 5.74) is 6.49. The molecule has 106 valence electrons. The molecule has 1 aromatic carbocycles. The number of nitrogen functional groups attached to an aromatic ring is 1. The van der Waals surface area contributed by atoms with E-state index in [1.54, 1.807) is 19.9 Å². The van der Waals surface area contributed by atoms with Gasteiger partial charge in [-0.25, -0.2) is 8.42 Å². The zero-order valence-electron chi connectivity index (χ0n) is 10.6. The summed E-state index contributed by atoms with van der Waals surface area (Å²) in [7, 11) is -3.80. The van der Waals surface area contributed by atoms with Gasteiger partial charge in [-0.2, -0.15) is 4.72 Å². The average molecular weight is 351 g/mol. The second-order valence-corrected chi connectivity index (χ2v) is 6.36. The molecule has 0 heterocycles. The number of benzene rings is 1. The van der Waals surface area contributed by atoms with Crippen LogP contribution in [0.15, 0.2) is 21.5 Å². The first-order chi connectivity index (χ1) is 8.77. The Hall–Kier alpha value is -1.12. The molecule has 8 heteroatoms. The fraction of sp³-hybridized carbons (Fsp3) is 0.364. The number of halogens is 1. The molecule has 0 amide bonds. The normalized spacial score (nSPS) is 11.3. The smallest absolute Gasteiger partial charge is 0.321 e. The number of carbonyl (C=O) groups is 1. The average Bonchev–Trinajstić information content (AvgIpc) is 2.31. The second-order valence-electron chi connectivity index (χ2n) is 3.77. The second kappa shape index (κ2) is 6.36. The molecule has 0 bridgehead atoms. The predicted octanol–water partition coefficient (Wildman–Crippen LogP) is 1.18. The maximum atomic E-state index is 12.0. The maximum absolute atomic E-state index is 12.0. The summed E-state index contributed by atoms with van der Waals surface area (Å²) in [6.45, 7) is 3.07. The molecule has 0 fully saturated rings. The van der Waals surface area contributed by atoms with Gasteiger partial charge in [-0.3, -0.25) is 4.79 Å². The Labute approximate surface area is 120 Å². The van der Waals surface area contributed by atoms with E-state index in [1.807, 2.05) is 0 Å². The monoisotopic (exact) mass is 350 g/mol. The number of sulfonamides is 1. The van der Waals surface area contributed by atoms with Crippen molar-refractivity contribution in [3.8, 4) is 0 Å². The molecule has 19 heavy (non-hydrogen) atoms. The number of ether oxygens (including phenoxy) is 1. The quantitative estimate of drug-likeness (QED) is 0.613. The summed E-state index contributed by atoms with van der Waals surface area (Å²) >= 11 is 3.22. The van der Waals surface area contributed by atoms with Crippen molar-refractivity contribution in [2.24, 2.45) is 0 Å². The standard InChI is InChI=1S/C11H15BrN2O4S/c1-3-18-11(15)6-14-19(16,17)10-5-9(13)8(12)4-7(10)2/h4-5,14H,3,6,13H2,1-2H3. The van der Waals surface area contributed by atoms with E-state index in [9.17, 15) is 13.2 Å². The van der Waals surface area contributed by atoms with Crippen molar-refractivity contribution in [3.05, 3.63) is 22.2 Å². The summed E-state index contributed by atoms with van der Waals surface area (Å²) in [4.78, 5) is 11.2. The van der Waals surface area contributed by atoms with Gasteiger partial charge in [0.25, 0.3) is 0 Å². The van der Waals surface area contributed by atoms with Crippen molar-refractivity contribution in [1.29, 1.82) is 0 Å².